The second kappa shape index (κ2) is 9.59. The van der Waals surface area contributed by atoms with Crippen molar-refractivity contribution in [2.75, 3.05) is 11.9 Å². The summed E-state index contributed by atoms with van der Waals surface area (Å²) in [4.78, 5) is 26.2. The summed E-state index contributed by atoms with van der Waals surface area (Å²) >= 11 is 13.5. The van der Waals surface area contributed by atoms with E-state index in [1.807, 2.05) is 0 Å². The number of hydrogen-bond donors (Lipinski definition) is 1. The number of nitrogens with one attached hydrogen (secondary N) is 1. The van der Waals surface area contributed by atoms with Crippen LogP contribution in [0.2, 0.25) is 10.0 Å². The minimum atomic E-state index is -0.373. The lowest BCUT2D eigenvalue weighted by Gasteiger charge is -2.07. The van der Waals surface area contributed by atoms with Crippen LogP contribution >= 0.6 is 34.5 Å². The predicted molar refractivity (Wildman–Crippen MR) is 116 cm³/mol. The first-order chi connectivity index (χ1) is 13.5. The molecule has 0 saturated carbocycles. The fourth-order valence-electron chi connectivity index (χ4n) is 3.21. The zero-order chi connectivity index (χ0) is 20.1. The van der Waals surface area contributed by atoms with Crippen LogP contribution in [0.15, 0.2) is 24.3 Å². The van der Waals surface area contributed by atoms with Gasteiger partial charge in [-0.05, 0) is 61.9 Å². The van der Waals surface area contributed by atoms with E-state index in [1.54, 1.807) is 31.2 Å². The topological polar surface area (TPSA) is 55.4 Å². The maximum atomic E-state index is 12.5. The predicted octanol–water partition coefficient (Wildman–Crippen LogP) is 6.15. The van der Waals surface area contributed by atoms with Crippen LogP contribution in [-0.2, 0) is 22.4 Å². The van der Waals surface area contributed by atoms with E-state index in [1.165, 1.54) is 22.3 Å². The molecule has 0 saturated heterocycles. The lowest BCUT2D eigenvalue weighted by Crippen LogP contribution is -2.13. The van der Waals surface area contributed by atoms with Crippen LogP contribution in [0.5, 0.6) is 0 Å². The van der Waals surface area contributed by atoms with Gasteiger partial charge < -0.3 is 10.1 Å². The number of rotatable bonds is 5. The third-order valence-corrected chi connectivity index (χ3v) is 6.28. The Morgan fingerprint density at radius 3 is 2.75 bits per heavy atom. The number of anilines is 1. The van der Waals surface area contributed by atoms with Gasteiger partial charge in [-0.1, -0.05) is 35.7 Å². The standard InChI is InChI=1S/C21H21Cl2NO3S/c1-2-27-21(26)19-15-6-4-3-5-7-17(15)28-20(19)24-18(25)11-9-13-8-10-14(22)12-16(13)23/h8-12H,2-7H2,1H3,(H,24,25). The molecule has 0 fully saturated rings. The molecule has 0 unspecified atom stereocenters. The Bertz CT molecular complexity index is 921. The van der Waals surface area contributed by atoms with Crippen LogP contribution in [0.1, 0.15) is 52.5 Å². The van der Waals surface area contributed by atoms with E-state index in [0.717, 1.165) is 37.7 Å². The van der Waals surface area contributed by atoms with E-state index < -0.39 is 0 Å². The molecule has 1 aliphatic carbocycles. The van der Waals surface area contributed by atoms with Crippen molar-refractivity contribution in [1.29, 1.82) is 0 Å². The molecule has 0 radical (unpaired) electrons. The van der Waals surface area contributed by atoms with Crippen molar-refractivity contribution in [3.05, 3.63) is 55.9 Å². The van der Waals surface area contributed by atoms with Crippen molar-refractivity contribution in [1.82, 2.24) is 0 Å². The summed E-state index contributed by atoms with van der Waals surface area (Å²) in [5.41, 5.74) is 2.23. The van der Waals surface area contributed by atoms with Gasteiger partial charge in [-0.25, -0.2) is 4.79 Å². The zero-order valence-corrected chi connectivity index (χ0v) is 17.8. The number of carbonyl (C=O) groups is 2. The summed E-state index contributed by atoms with van der Waals surface area (Å²) < 4.78 is 5.24. The molecule has 0 spiro atoms. The van der Waals surface area contributed by atoms with E-state index in [-0.39, 0.29) is 11.9 Å². The molecule has 1 amide bonds. The molecule has 1 aliphatic rings. The lowest BCUT2D eigenvalue weighted by atomic mass is 10.1. The monoisotopic (exact) mass is 437 g/mol. The molecule has 28 heavy (non-hydrogen) atoms. The molecular weight excluding hydrogens is 417 g/mol. The number of ether oxygens (including phenoxy) is 1. The van der Waals surface area contributed by atoms with Crippen LogP contribution < -0.4 is 5.32 Å². The Morgan fingerprint density at radius 2 is 2.00 bits per heavy atom. The highest BCUT2D eigenvalue weighted by atomic mass is 35.5. The Balaban J connectivity index is 1.83. The molecule has 1 N–H and O–H groups in total. The summed E-state index contributed by atoms with van der Waals surface area (Å²) in [6.45, 7) is 2.07. The molecule has 0 atom stereocenters. The molecule has 1 heterocycles. The number of amides is 1. The van der Waals surface area contributed by atoms with E-state index in [4.69, 9.17) is 27.9 Å². The van der Waals surface area contributed by atoms with Crippen molar-refractivity contribution >= 4 is 57.5 Å². The highest BCUT2D eigenvalue weighted by Gasteiger charge is 2.26. The number of esters is 1. The van der Waals surface area contributed by atoms with Crippen molar-refractivity contribution in [2.45, 2.75) is 39.0 Å². The quantitative estimate of drug-likeness (QED) is 0.346. The smallest absolute Gasteiger partial charge is 0.341 e. The van der Waals surface area contributed by atoms with Crippen molar-refractivity contribution in [3.63, 3.8) is 0 Å². The molecule has 1 aromatic heterocycles. The van der Waals surface area contributed by atoms with Gasteiger partial charge in [-0.3, -0.25) is 4.79 Å². The van der Waals surface area contributed by atoms with E-state index >= 15 is 0 Å². The van der Waals surface area contributed by atoms with Gasteiger partial charge in [0.25, 0.3) is 0 Å². The fraction of sp³-hybridized carbons (Fsp3) is 0.333. The number of halogens is 2. The Hall–Kier alpha value is -1.82. The van der Waals surface area contributed by atoms with Gasteiger partial charge >= 0.3 is 5.97 Å². The summed E-state index contributed by atoms with van der Waals surface area (Å²) in [5, 5.41) is 4.41. The molecule has 0 bridgehead atoms. The average molecular weight is 438 g/mol. The average Bonchev–Trinajstić information content (AvgIpc) is 2.82. The Kier molecular flexibility index (Phi) is 7.16. The van der Waals surface area contributed by atoms with Gasteiger partial charge in [0.05, 0.1) is 12.2 Å². The van der Waals surface area contributed by atoms with Crippen LogP contribution in [0.3, 0.4) is 0 Å². The molecule has 4 nitrogen and oxygen atoms in total. The second-order valence-electron chi connectivity index (χ2n) is 6.48. The molecule has 7 heteroatoms. The van der Waals surface area contributed by atoms with E-state index in [2.05, 4.69) is 5.32 Å². The first kappa shape index (κ1) is 20.9. The van der Waals surface area contributed by atoms with E-state index in [9.17, 15) is 9.59 Å². The largest absolute Gasteiger partial charge is 0.462 e. The Labute approximate surface area is 178 Å². The maximum absolute atomic E-state index is 12.5. The first-order valence-corrected chi connectivity index (χ1v) is 10.8. The molecule has 0 aliphatic heterocycles. The number of benzene rings is 1. The number of fused-ring (bicyclic) bond motifs is 1. The highest BCUT2D eigenvalue weighted by molar-refractivity contribution is 7.17. The van der Waals surface area contributed by atoms with Gasteiger partial charge in [0.1, 0.15) is 5.00 Å². The number of thiophene rings is 1. The molecule has 1 aromatic carbocycles. The molecule has 148 valence electrons. The van der Waals surface area contributed by atoms with Gasteiger partial charge in [0.15, 0.2) is 0 Å². The van der Waals surface area contributed by atoms with Crippen molar-refractivity contribution < 1.29 is 14.3 Å². The molecule has 2 aromatic rings. The number of aryl methyl sites for hydroxylation is 1. The normalized spacial score (nSPS) is 13.8. The highest BCUT2D eigenvalue weighted by Crippen LogP contribution is 2.38. The molecular formula is C21H21Cl2NO3S. The SMILES string of the molecule is CCOC(=O)c1c(NC(=O)C=Cc2ccc(Cl)cc2Cl)sc2c1CCCCC2. The van der Waals surface area contributed by atoms with Gasteiger partial charge in [0.2, 0.25) is 5.91 Å². The van der Waals surface area contributed by atoms with Gasteiger partial charge in [-0.15, -0.1) is 11.3 Å². The van der Waals surface area contributed by atoms with Crippen LogP contribution in [-0.4, -0.2) is 18.5 Å². The van der Waals surface area contributed by atoms with Crippen molar-refractivity contribution in [2.24, 2.45) is 0 Å². The number of carbonyl (C=O) groups excluding carboxylic acids is 2. The van der Waals surface area contributed by atoms with Crippen LogP contribution in [0, 0.1) is 0 Å². The zero-order valence-electron chi connectivity index (χ0n) is 15.5. The molecule has 3 rings (SSSR count). The minimum absolute atomic E-state index is 0.297. The third kappa shape index (κ3) is 4.96. The maximum Gasteiger partial charge on any atom is 0.341 e. The summed E-state index contributed by atoms with van der Waals surface area (Å²) in [5.74, 6) is -0.699. The van der Waals surface area contributed by atoms with E-state index in [0.29, 0.717) is 32.8 Å². The van der Waals surface area contributed by atoms with Crippen LogP contribution in [0.4, 0.5) is 5.00 Å². The fourth-order valence-corrected chi connectivity index (χ4v) is 4.96. The summed E-state index contributed by atoms with van der Waals surface area (Å²) in [6, 6.07) is 5.07. The summed E-state index contributed by atoms with van der Waals surface area (Å²) in [7, 11) is 0. The third-order valence-electron chi connectivity index (χ3n) is 4.51. The second-order valence-corrected chi connectivity index (χ2v) is 8.43. The summed E-state index contributed by atoms with van der Waals surface area (Å²) in [6.07, 6.45) is 8.07. The lowest BCUT2D eigenvalue weighted by molar-refractivity contribution is -0.111. The van der Waals surface area contributed by atoms with Crippen molar-refractivity contribution in [3.8, 4) is 0 Å². The first-order valence-electron chi connectivity index (χ1n) is 9.25. The van der Waals surface area contributed by atoms with Gasteiger partial charge in [-0.2, -0.15) is 0 Å². The minimum Gasteiger partial charge on any atom is -0.462 e. The Morgan fingerprint density at radius 1 is 1.21 bits per heavy atom. The van der Waals surface area contributed by atoms with Gasteiger partial charge in [0, 0.05) is 21.0 Å². The number of hydrogen-bond acceptors (Lipinski definition) is 4. The van der Waals surface area contributed by atoms with Crippen LogP contribution in [0.25, 0.3) is 6.08 Å².